The lowest BCUT2D eigenvalue weighted by Crippen LogP contribution is -2.45. The highest BCUT2D eigenvalue weighted by molar-refractivity contribution is 7.99. The van der Waals surface area contributed by atoms with Gasteiger partial charge in [-0.05, 0) is 53.3 Å². The Bertz CT molecular complexity index is 1130. The summed E-state index contributed by atoms with van der Waals surface area (Å²) in [4.78, 5) is 42.4. The lowest BCUT2D eigenvalue weighted by Gasteiger charge is -2.39. The molecule has 2 saturated heterocycles. The molecule has 2 amide bonds. The van der Waals surface area contributed by atoms with E-state index in [1.165, 1.54) is 22.8 Å². The van der Waals surface area contributed by atoms with Crippen molar-refractivity contribution in [3.05, 3.63) is 43.0 Å². The number of thioether (sulfide) groups is 1. The lowest BCUT2D eigenvalue weighted by atomic mass is 9.78. The summed E-state index contributed by atoms with van der Waals surface area (Å²) in [6, 6.07) is 7.49. The minimum absolute atomic E-state index is 0.0254. The number of aromatic nitrogens is 7. The number of amides is 2. The third-order valence-electron chi connectivity index (χ3n) is 6.54. The molecule has 176 valence electrons. The van der Waals surface area contributed by atoms with Crippen molar-refractivity contribution in [3.8, 4) is 11.4 Å². The Hall–Kier alpha value is -3.41. The average molecular weight is 480 g/mol. The van der Waals surface area contributed by atoms with Gasteiger partial charge in [-0.15, -0.1) is 5.10 Å². The van der Waals surface area contributed by atoms with Gasteiger partial charge in [0, 0.05) is 38.6 Å². The number of tetrazole rings is 1. The van der Waals surface area contributed by atoms with Crippen LogP contribution in [-0.4, -0.2) is 88.7 Å². The van der Waals surface area contributed by atoms with Crippen LogP contribution in [0.3, 0.4) is 0 Å². The first-order chi connectivity index (χ1) is 16.6. The van der Waals surface area contributed by atoms with Crippen LogP contribution in [-0.2, 0) is 16.1 Å². The van der Waals surface area contributed by atoms with Gasteiger partial charge in [0.1, 0.15) is 12.9 Å². The first kappa shape index (κ1) is 22.4. The van der Waals surface area contributed by atoms with Crippen molar-refractivity contribution in [1.29, 1.82) is 0 Å². The third-order valence-corrected chi connectivity index (χ3v) is 7.39. The number of carbonyl (C=O) groups excluding carboxylic acids is 2. The fraction of sp³-hybridized carbons (Fsp3) is 0.455. The molecule has 34 heavy (non-hydrogen) atoms. The summed E-state index contributed by atoms with van der Waals surface area (Å²) in [7, 11) is 0. The van der Waals surface area contributed by atoms with Crippen LogP contribution in [0.4, 0.5) is 0 Å². The molecule has 3 aromatic rings. The van der Waals surface area contributed by atoms with Crippen LogP contribution in [0, 0.1) is 5.41 Å². The van der Waals surface area contributed by atoms with E-state index in [-0.39, 0.29) is 23.8 Å². The third kappa shape index (κ3) is 5.06. The van der Waals surface area contributed by atoms with E-state index < -0.39 is 0 Å². The van der Waals surface area contributed by atoms with E-state index >= 15 is 0 Å². The molecule has 2 aliphatic rings. The summed E-state index contributed by atoms with van der Waals surface area (Å²) in [6.45, 7) is 3.06. The molecule has 0 aromatic carbocycles. The number of carbonyl (C=O) groups is 2. The predicted molar refractivity (Wildman–Crippen MR) is 123 cm³/mol. The molecule has 12 heteroatoms. The zero-order valence-electron chi connectivity index (χ0n) is 18.7. The highest BCUT2D eigenvalue weighted by atomic mass is 32.2. The fourth-order valence-corrected chi connectivity index (χ4v) is 5.30. The van der Waals surface area contributed by atoms with Gasteiger partial charge in [0.15, 0.2) is 5.16 Å². The first-order valence-electron chi connectivity index (χ1n) is 11.2. The molecule has 2 fully saturated rings. The van der Waals surface area contributed by atoms with Crippen LogP contribution in [0.1, 0.15) is 19.3 Å². The van der Waals surface area contributed by atoms with Gasteiger partial charge in [0.2, 0.25) is 11.8 Å². The van der Waals surface area contributed by atoms with Gasteiger partial charge in [0.25, 0.3) is 0 Å². The number of likely N-dealkylation sites (tertiary alicyclic amines) is 2. The number of piperidine rings is 1. The number of hydrogen-bond acceptors (Lipinski definition) is 9. The van der Waals surface area contributed by atoms with E-state index in [4.69, 9.17) is 0 Å². The highest BCUT2D eigenvalue weighted by Gasteiger charge is 2.42. The van der Waals surface area contributed by atoms with Crippen LogP contribution in [0.15, 0.2) is 48.1 Å². The molecule has 5 rings (SSSR count). The maximum atomic E-state index is 12.9. The molecule has 2 aliphatic heterocycles. The van der Waals surface area contributed by atoms with Gasteiger partial charge in [-0.1, -0.05) is 17.8 Å². The van der Waals surface area contributed by atoms with Gasteiger partial charge >= 0.3 is 0 Å². The minimum Gasteiger partial charge on any atom is -0.341 e. The molecule has 0 bridgehead atoms. The van der Waals surface area contributed by atoms with E-state index in [0.29, 0.717) is 24.0 Å². The molecule has 0 saturated carbocycles. The van der Waals surface area contributed by atoms with Gasteiger partial charge in [-0.2, -0.15) is 0 Å². The molecule has 11 nitrogen and oxygen atoms in total. The SMILES string of the molecule is O=C(Cn1cnnn1)N1CCC2(CC1)CCN(C(=O)CSc1nccc(-c3ccccn3)n1)C2. The van der Waals surface area contributed by atoms with Gasteiger partial charge in [-0.25, -0.2) is 14.6 Å². The molecule has 0 N–H and O–H groups in total. The van der Waals surface area contributed by atoms with Crippen LogP contribution >= 0.6 is 11.8 Å². The van der Waals surface area contributed by atoms with Crippen molar-refractivity contribution in [3.63, 3.8) is 0 Å². The Kier molecular flexibility index (Phi) is 6.48. The summed E-state index contributed by atoms with van der Waals surface area (Å²) in [5.41, 5.74) is 1.62. The molecular weight excluding hydrogens is 454 g/mol. The molecule has 0 atom stereocenters. The number of hydrogen-bond donors (Lipinski definition) is 0. The standard InChI is InChI=1S/C22H25N9O2S/c32-19(13-31-16-25-27-28-31)29-10-5-22(6-11-29)7-12-30(15-22)20(33)14-34-21-24-9-4-18(26-21)17-3-1-2-8-23-17/h1-4,8-9,16H,5-7,10-15H2. The monoisotopic (exact) mass is 479 g/mol. The maximum Gasteiger partial charge on any atom is 0.244 e. The van der Waals surface area contributed by atoms with Crippen molar-refractivity contribution in [2.75, 3.05) is 31.9 Å². The number of pyridine rings is 1. The first-order valence-corrected chi connectivity index (χ1v) is 12.2. The van der Waals surface area contributed by atoms with Gasteiger partial charge in [0.05, 0.1) is 17.1 Å². The second kappa shape index (κ2) is 9.84. The van der Waals surface area contributed by atoms with E-state index in [1.807, 2.05) is 34.1 Å². The van der Waals surface area contributed by atoms with Gasteiger partial charge in [-0.3, -0.25) is 14.6 Å². The topological polar surface area (TPSA) is 123 Å². The zero-order chi connectivity index (χ0) is 23.4. The van der Waals surface area contributed by atoms with Crippen LogP contribution in [0.25, 0.3) is 11.4 Å². The summed E-state index contributed by atoms with van der Waals surface area (Å²) in [5, 5.41) is 11.5. The van der Waals surface area contributed by atoms with Crippen molar-refractivity contribution in [1.82, 2.24) is 45.0 Å². The Morgan fingerprint density at radius 1 is 0.941 bits per heavy atom. The Morgan fingerprint density at radius 2 is 1.76 bits per heavy atom. The maximum absolute atomic E-state index is 12.9. The Morgan fingerprint density at radius 3 is 2.50 bits per heavy atom. The second-order valence-electron chi connectivity index (χ2n) is 8.68. The largest absolute Gasteiger partial charge is 0.341 e. The van der Waals surface area contributed by atoms with E-state index in [0.717, 1.165) is 43.7 Å². The zero-order valence-corrected chi connectivity index (χ0v) is 19.5. The molecule has 1 spiro atoms. The quantitative estimate of drug-likeness (QED) is 0.378. The molecule has 3 aromatic heterocycles. The Labute approximate surface area is 201 Å². The molecule has 0 radical (unpaired) electrons. The highest BCUT2D eigenvalue weighted by Crippen LogP contribution is 2.40. The average Bonchev–Trinajstić information content (AvgIpc) is 3.54. The summed E-state index contributed by atoms with van der Waals surface area (Å²) < 4.78 is 1.44. The van der Waals surface area contributed by atoms with Crippen molar-refractivity contribution >= 4 is 23.6 Å². The summed E-state index contributed by atoms with van der Waals surface area (Å²) in [5.74, 6) is 0.432. The van der Waals surface area contributed by atoms with Crippen molar-refractivity contribution in [2.45, 2.75) is 31.0 Å². The van der Waals surface area contributed by atoms with E-state index in [2.05, 4.69) is 30.5 Å². The minimum atomic E-state index is 0.0254. The van der Waals surface area contributed by atoms with Crippen LogP contribution < -0.4 is 0 Å². The number of rotatable bonds is 6. The number of nitrogens with zero attached hydrogens (tertiary/aromatic N) is 9. The summed E-state index contributed by atoms with van der Waals surface area (Å²) in [6.07, 6.45) is 7.65. The molecule has 5 heterocycles. The van der Waals surface area contributed by atoms with E-state index in [9.17, 15) is 9.59 Å². The summed E-state index contributed by atoms with van der Waals surface area (Å²) >= 11 is 1.35. The molecule has 0 unspecified atom stereocenters. The van der Waals surface area contributed by atoms with Crippen LogP contribution in [0.5, 0.6) is 0 Å². The normalized spacial score (nSPS) is 17.3. The van der Waals surface area contributed by atoms with E-state index in [1.54, 1.807) is 12.4 Å². The fourth-order valence-electron chi connectivity index (χ4n) is 4.56. The van der Waals surface area contributed by atoms with Crippen LogP contribution in [0.2, 0.25) is 0 Å². The molecule has 0 aliphatic carbocycles. The Balaban J connectivity index is 1.11. The van der Waals surface area contributed by atoms with Crippen molar-refractivity contribution < 1.29 is 9.59 Å². The predicted octanol–water partition coefficient (Wildman–Crippen LogP) is 1.16. The second-order valence-corrected chi connectivity index (χ2v) is 9.62. The molecular formula is C22H25N9O2S. The smallest absolute Gasteiger partial charge is 0.244 e. The van der Waals surface area contributed by atoms with Gasteiger partial charge < -0.3 is 9.80 Å². The lowest BCUT2D eigenvalue weighted by molar-refractivity contribution is -0.135. The van der Waals surface area contributed by atoms with Crippen molar-refractivity contribution in [2.24, 2.45) is 5.41 Å².